The number of nitrogen functional groups attached to an aromatic ring is 1. The quantitative estimate of drug-likeness (QED) is 0.734. The van der Waals surface area contributed by atoms with Crippen molar-refractivity contribution in [2.24, 2.45) is 0 Å². The van der Waals surface area contributed by atoms with Crippen LogP contribution in [0.3, 0.4) is 0 Å². The molecule has 0 atom stereocenters. The van der Waals surface area contributed by atoms with Crippen molar-refractivity contribution >= 4 is 34.7 Å². The fraction of sp³-hybridized carbons (Fsp3) is 0. The van der Waals surface area contributed by atoms with Crippen LogP contribution in [0.4, 0.5) is 26.2 Å². The van der Waals surface area contributed by atoms with Crippen LogP contribution in [0.1, 0.15) is 0 Å². The molecule has 0 aliphatic carbocycles. The molecule has 2 rings (SSSR count). The molecule has 0 aliphatic heterocycles. The molecule has 0 heterocycles. The van der Waals surface area contributed by atoms with Gasteiger partial charge in [-0.25, -0.2) is 9.18 Å². The van der Waals surface area contributed by atoms with Gasteiger partial charge in [0, 0.05) is 5.69 Å². The second-order valence-corrected chi connectivity index (χ2v) is 4.20. The minimum absolute atomic E-state index is 0.0251. The normalized spacial score (nSPS) is 10.0. The smallest absolute Gasteiger partial charge is 0.323 e. The Morgan fingerprint density at radius 2 is 1.89 bits per heavy atom. The summed E-state index contributed by atoms with van der Waals surface area (Å²) in [5.74, 6) is -0.587. The van der Waals surface area contributed by atoms with Gasteiger partial charge in [0.15, 0.2) is 0 Å². The number of halogens is 2. The van der Waals surface area contributed by atoms with Crippen molar-refractivity contribution in [3.63, 3.8) is 0 Å². The Kier molecular flexibility index (Phi) is 3.87. The molecule has 0 saturated heterocycles. The third kappa shape index (κ3) is 3.35. The Hall–Kier alpha value is -2.27. The predicted molar refractivity (Wildman–Crippen MR) is 74.9 cm³/mol. The molecule has 6 heteroatoms. The number of anilines is 3. The lowest BCUT2D eigenvalue weighted by molar-refractivity contribution is 0.262. The lowest BCUT2D eigenvalue weighted by atomic mass is 10.2. The molecule has 19 heavy (non-hydrogen) atoms. The van der Waals surface area contributed by atoms with Gasteiger partial charge in [0.25, 0.3) is 0 Å². The van der Waals surface area contributed by atoms with Gasteiger partial charge in [0.05, 0.1) is 16.4 Å². The number of urea groups is 1. The lowest BCUT2D eigenvalue weighted by Gasteiger charge is -2.09. The molecule has 2 aromatic carbocycles. The van der Waals surface area contributed by atoms with Crippen molar-refractivity contribution in [1.29, 1.82) is 0 Å². The van der Waals surface area contributed by atoms with Gasteiger partial charge in [-0.2, -0.15) is 0 Å². The second-order valence-electron chi connectivity index (χ2n) is 3.80. The van der Waals surface area contributed by atoms with Crippen LogP contribution in [-0.2, 0) is 0 Å². The number of carbonyl (C=O) groups is 1. The average Bonchev–Trinajstić information content (AvgIpc) is 2.37. The summed E-state index contributed by atoms with van der Waals surface area (Å²) >= 11 is 5.90. The molecule has 4 N–H and O–H groups in total. The van der Waals surface area contributed by atoms with Gasteiger partial charge in [0.1, 0.15) is 5.82 Å². The van der Waals surface area contributed by atoms with E-state index in [1.807, 2.05) is 0 Å². The number of rotatable bonds is 2. The average molecular weight is 280 g/mol. The first-order valence-corrected chi connectivity index (χ1v) is 5.81. The standard InChI is InChI=1S/C13H11ClFN3O/c14-9-3-1-2-4-12(9)18-13(19)17-8-5-6-11(16)10(15)7-8/h1-7H,16H2,(H2,17,18,19). The Morgan fingerprint density at radius 3 is 2.58 bits per heavy atom. The van der Waals surface area contributed by atoms with Crippen LogP contribution in [0.2, 0.25) is 5.02 Å². The maximum absolute atomic E-state index is 13.2. The van der Waals surface area contributed by atoms with E-state index in [-0.39, 0.29) is 5.69 Å². The summed E-state index contributed by atoms with van der Waals surface area (Å²) in [6.45, 7) is 0. The Labute approximate surface area is 114 Å². The highest BCUT2D eigenvalue weighted by Gasteiger charge is 2.06. The molecular weight excluding hydrogens is 269 g/mol. The van der Waals surface area contributed by atoms with E-state index in [4.69, 9.17) is 17.3 Å². The third-order valence-electron chi connectivity index (χ3n) is 2.38. The minimum atomic E-state index is -0.587. The summed E-state index contributed by atoms with van der Waals surface area (Å²) in [6.07, 6.45) is 0. The van der Waals surface area contributed by atoms with Crippen molar-refractivity contribution in [2.45, 2.75) is 0 Å². The first-order chi connectivity index (χ1) is 9.06. The van der Waals surface area contributed by atoms with E-state index in [1.54, 1.807) is 24.3 Å². The highest BCUT2D eigenvalue weighted by Crippen LogP contribution is 2.21. The van der Waals surface area contributed by atoms with Gasteiger partial charge in [-0.3, -0.25) is 0 Å². The number of carbonyl (C=O) groups excluding carboxylic acids is 1. The topological polar surface area (TPSA) is 67.1 Å². The van der Waals surface area contributed by atoms with Crippen molar-refractivity contribution in [3.8, 4) is 0 Å². The minimum Gasteiger partial charge on any atom is -0.396 e. The van der Waals surface area contributed by atoms with Crippen LogP contribution in [0.15, 0.2) is 42.5 Å². The number of nitrogens with one attached hydrogen (secondary N) is 2. The molecule has 0 bridgehead atoms. The van der Waals surface area contributed by atoms with Crippen LogP contribution in [-0.4, -0.2) is 6.03 Å². The molecule has 0 saturated carbocycles. The number of amides is 2. The molecule has 98 valence electrons. The fourth-order valence-electron chi connectivity index (χ4n) is 1.45. The van der Waals surface area contributed by atoms with Crippen LogP contribution >= 0.6 is 11.6 Å². The van der Waals surface area contributed by atoms with Crippen molar-refractivity contribution in [2.75, 3.05) is 16.4 Å². The summed E-state index contributed by atoms with van der Waals surface area (Å²) < 4.78 is 13.2. The van der Waals surface area contributed by atoms with Crippen molar-refractivity contribution in [3.05, 3.63) is 53.3 Å². The van der Waals surface area contributed by atoms with Gasteiger partial charge in [-0.05, 0) is 30.3 Å². The molecule has 0 radical (unpaired) electrons. The van der Waals surface area contributed by atoms with Gasteiger partial charge >= 0.3 is 6.03 Å². The number of benzene rings is 2. The SMILES string of the molecule is Nc1ccc(NC(=O)Nc2ccccc2Cl)cc1F. The number of nitrogens with two attached hydrogens (primary N) is 1. The summed E-state index contributed by atoms with van der Waals surface area (Å²) in [4.78, 5) is 11.7. The highest BCUT2D eigenvalue weighted by molar-refractivity contribution is 6.33. The van der Waals surface area contributed by atoms with Crippen LogP contribution in [0.5, 0.6) is 0 Å². The lowest BCUT2D eigenvalue weighted by Crippen LogP contribution is -2.19. The van der Waals surface area contributed by atoms with E-state index in [1.165, 1.54) is 12.1 Å². The van der Waals surface area contributed by atoms with Crippen LogP contribution in [0, 0.1) is 5.82 Å². The molecule has 0 aromatic heterocycles. The number of hydrogen-bond acceptors (Lipinski definition) is 2. The first kappa shape index (κ1) is 13.2. The zero-order valence-electron chi connectivity index (χ0n) is 9.78. The monoisotopic (exact) mass is 279 g/mol. The Morgan fingerprint density at radius 1 is 1.16 bits per heavy atom. The van der Waals surface area contributed by atoms with E-state index in [9.17, 15) is 9.18 Å². The van der Waals surface area contributed by atoms with Gasteiger partial charge in [-0.15, -0.1) is 0 Å². The van der Waals surface area contributed by atoms with Crippen LogP contribution in [0.25, 0.3) is 0 Å². The van der Waals surface area contributed by atoms with Gasteiger partial charge in [0.2, 0.25) is 0 Å². The molecule has 0 unspecified atom stereocenters. The van der Waals surface area contributed by atoms with Crippen LogP contribution < -0.4 is 16.4 Å². The Bertz CT molecular complexity index is 619. The van der Waals surface area contributed by atoms with E-state index in [0.717, 1.165) is 6.07 Å². The maximum atomic E-state index is 13.2. The summed E-state index contributed by atoms with van der Waals surface area (Å²) in [6, 6.07) is 10.3. The zero-order chi connectivity index (χ0) is 13.8. The van der Waals surface area contributed by atoms with E-state index < -0.39 is 11.8 Å². The summed E-state index contributed by atoms with van der Waals surface area (Å²) in [5, 5.41) is 5.46. The van der Waals surface area contributed by atoms with Crippen molar-refractivity contribution in [1.82, 2.24) is 0 Å². The molecule has 0 spiro atoms. The van der Waals surface area contributed by atoms with Gasteiger partial charge < -0.3 is 16.4 Å². The number of hydrogen-bond donors (Lipinski definition) is 3. The van der Waals surface area contributed by atoms with Gasteiger partial charge in [-0.1, -0.05) is 23.7 Å². The largest absolute Gasteiger partial charge is 0.396 e. The fourth-order valence-corrected chi connectivity index (χ4v) is 1.64. The second kappa shape index (κ2) is 5.58. The van der Waals surface area contributed by atoms with E-state index in [0.29, 0.717) is 16.4 Å². The molecule has 0 aliphatic rings. The molecular formula is C13H11ClFN3O. The third-order valence-corrected chi connectivity index (χ3v) is 2.71. The highest BCUT2D eigenvalue weighted by atomic mass is 35.5. The van der Waals surface area contributed by atoms with E-state index >= 15 is 0 Å². The summed E-state index contributed by atoms with van der Waals surface area (Å²) in [7, 11) is 0. The predicted octanol–water partition coefficient (Wildman–Crippen LogP) is 3.71. The Balaban J connectivity index is 2.05. The number of para-hydroxylation sites is 1. The maximum Gasteiger partial charge on any atom is 0.323 e. The molecule has 4 nitrogen and oxygen atoms in total. The van der Waals surface area contributed by atoms with Crippen molar-refractivity contribution < 1.29 is 9.18 Å². The summed E-state index contributed by atoms with van der Waals surface area (Å²) in [5.41, 5.74) is 6.14. The zero-order valence-corrected chi connectivity index (χ0v) is 10.5. The first-order valence-electron chi connectivity index (χ1n) is 5.44. The molecule has 2 aromatic rings. The molecule has 2 amide bonds. The molecule has 0 fully saturated rings. The van der Waals surface area contributed by atoms with E-state index in [2.05, 4.69) is 10.6 Å².